The molecule has 0 spiro atoms. The van der Waals surface area contributed by atoms with E-state index in [4.69, 9.17) is 5.73 Å². The Bertz CT molecular complexity index is 299. The zero-order valence-electron chi connectivity index (χ0n) is 12.0. The van der Waals surface area contributed by atoms with Gasteiger partial charge in [-0.3, -0.25) is 4.79 Å². The number of nitrogens with one attached hydrogen (secondary N) is 1. The second-order valence-corrected chi connectivity index (χ2v) is 5.88. The van der Waals surface area contributed by atoms with Gasteiger partial charge in [0.2, 0.25) is 5.91 Å². The minimum atomic E-state index is -0.0399. The van der Waals surface area contributed by atoms with Crippen LogP contribution >= 0.6 is 0 Å². The van der Waals surface area contributed by atoms with Gasteiger partial charge in [-0.1, -0.05) is 26.0 Å². The smallest absolute Gasteiger partial charge is 0.227 e. The van der Waals surface area contributed by atoms with Crippen molar-refractivity contribution >= 4 is 5.91 Å². The molecular formula is C14H27N3O. The molecule has 0 aromatic rings. The molecule has 3 N–H and O–H groups in total. The van der Waals surface area contributed by atoms with E-state index in [1.54, 1.807) is 0 Å². The number of nitrogens with two attached hydrogens (primary N) is 1. The van der Waals surface area contributed by atoms with Gasteiger partial charge in [-0.05, 0) is 32.9 Å². The van der Waals surface area contributed by atoms with Gasteiger partial charge < -0.3 is 16.0 Å². The third-order valence-corrected chi connectivity index (χ3v) is 3.44. The van der Waals surface area contributed by atoms with Gasteiger partial charge in [-0.25, -0.2) is 0 Å². The maximum Gasteiger partial charge on any atom is 0.227 e. The molecule has 0 saturated heterocycles. The summed E-state index contributed by atoms with van der Waals surface area (Å²) in [5.41, 5.74) is 5.76. The Morgan fingerprint density at radius 1 is 1.44 bits per heavy atom. The van der Waals surface area contributed by atoms with Gasteiger partial charge >= 0.3 is 0 Å². The van der Waals surface area contributed by atoms with Gasteiger partial charge in [0, 0.05) is 18.6 Å². The monoisotopic (exact) mass is 253 g/mol. The lowest BCUT2D eigenvalue weighted by Gasteiger charge is -2.26. The fourth-order valence-electron chi connectivity index (χ4n) is 2.29. The summed E-state index contributed by atoms with van der Waals surface area (Å²) >= 11 is 0. The highest BCUT2D eigenvalue weighted by Gasteiger charge is 2.23. The molecule has 0 aliphatic heterocycles. The zero-order chi connectivity index (χ0) is 13.7. The van der Waals surface area contributed by atoms with Gasteiger partial charge in [0.05, 0.1) is 5.92 Å². The van der Waals surface area contributed by atoms with Crippen LogP contribution in [0.4, 0.5) is 0 Å². The van der Waals surface area contributed by atoms with E-state index in [9.17, 15) is 4.79 Å². The fourth-order valence-corrected chi connectivity index (χ4v) is 2.29. The van der Waals surface area contributed by atoms with Crippen molar-refractivity contribution in [1.29, 1.82) is 0 Å². The van der Waals surface area contributed by atoms with Crippen molar-refractivity contribution in [2.24, 2.45) is 17.6 Å². The normalized spacial score (nSPS) is 24.8. The molecule has 0 aromatic heterocycles. The largest absolute Gasteiger partial charge is 0.354 e. The molecule has 1 amide bonds. The van der Waals surface area contributed by atoms with Gasteiger partial charge in [0.25, 0.3) is 0 Å². The first kappa shape index (κ1) is 15.2. The number of amides is 1. The van der Waals surface area contributed by atoms with Gasteiger partial charge in [0.15, 0.2) is 0 Å². The minimum Gasteiger partial charge on any atom is -0.354 e. The predicted molar refractivity (Wildman–Crippen MR) is 75.2 cm³/mol. The molecule has 3 unspecified atom stereocenters. The first-order valence-corrected chi connectivity index (χ1v) is 6.78. The van der Waals surface area contributed by atoms with Crippen LogP contribution in [0.1, 0.15) is 26.7 Å². The summed E-state index contributed by atoms with van der Waals surface area (Å²) in [4.78, 5) is 14.1. The maximum absolute atomic E-state index is 12.0. The Balaban J connectivity index is 2.37. The van der Waals surface area contributed by atoms with E-state index in [1.807, 2.05) is 12.2 Å². The molecule has 0 fully saturated rings. The van der Waals surface area contributed by atoms with E-state index in [0.717, 1.165) is 12.8 Å². The lowest BCUT2D eigenvalue weighted by atomic mass is 10.0. The molecule has 18 heavy (non-hydrogen) atoms. The SMILES string of the molecule is CC(C)CC(CNC(=O)C1C=CC(N)C1)N(C)C. The molecule has 0 radical (unpaired) electrons. The summed E-state index contributed by atoms with van der Waals surface area (Å²) in [5, 5.41) is 3.04. The molecule has 3 atom stereocenters. The highest BCUT2D eigenvalue weighted by molar-refractivity contribution is 5.81. The standard InChI is InChI=1S/C14H27N3O/c1-10(2)7-13(17(3)4)9-16-14(18)11-5-6-12(15)8-11/h5-6,10-13H,7-9,15H2,1-4H3,(H,16,18). The molecule has 104 valence electrons. The summed E-state index contributed by atoms with van der Waals surface area (Å²) < 4.78 is 0. The van der Waals surface area contributed by atoms with E-state index in [0.29, 0.717) is 18.5 Å². The van der Waals surface area contributed by atoms with Crippen LogP contribution in [0, 0.1) is 11.8 Å². The zero-order valence-corrected chi connectivity index (χ0v) is 12.0. The molecule has 0 heterocycles. The molecule has 0 aromatic carbocycles. The Morgan fingerprint density at radius 3 is 2.56 bits per heavy atom. The van der Waals surface area contributed by atoms with Crippen LogP contribution in [0.2, 0.25) is 0 Å². The highest BCUT2D eigenvalue weighted by Crippen LogP contribution is 2.16. The van der Waals surface area contributed by atoms with Crippen molar-refractivity contribution in [3.8, 4) is 0 Å². The molecule has 0 bridgehead atoms. The van der Waals surface area contributed by atoms with Crippen LogP contribution in [-0.4, -0.2) is 43.5 Å². The number of hydrogen-bond acceptors (Lipinski definition) is 3. The van der Waals surface area contributed by atoms with Crippen molar-refractivity contribution in [2.75, 3.05) is 20.6 Å². The molecule has 1 aliphatic rings. The summed E-state index contributed by atoms with van der Waals surface area (Å²) in [7, 11) is 4.12. The van der Waals surface area contributed by atoms with E-state index in [-0.39, 0.29) is 17.9 Å². The first-order valence-electron chi connectivity index (χ1n) is 6.78. The van der Waals surface area contributed by atoms with E-state index < -0.39 is 0 Å². The van der Waals surface area contributed by atoms with Crippen molar-refractivity contribution in [3.05, 3.63) is 12.2 Å². The lowest BCUT2D eigenvalue weighted by Crippen LogP contribution is -2.42. The maximum atomic E-state index is 12.0. The molecular weight excluding hydrogens is 226 g/mol. The minimum absolute atomic E-state index is 0.0399. The highest BCUT2D eigenvalue weighted by atomic mass is 16.1. The van der Waals surface area contributed by atoms with Crippen LogP contribution in [-0.2, 0) is 4.79 Å². The summed E-state index contributed by atoms with van der Waals surface area (Å²) in [5.74, 6) is 0.700. The van der Waals surface area contributed by atoms with E-state index in [2.05, 4.69) is 38.2 Å². The number of likely N-dealkylation sites (N-methyl/N-ethyl adjacent to an activating group) is 1. The number of nitrogens with zero attached hydrogens (tertiary/aromatic N) is 1. The Kier molecular flexibility index (Phi) is 5.82. The third kappa shape index (κ3) is 4.78. The number of carbonyl (C=O) groups is 1. The Labute approximate surface area is 111 Å². The van der Waals surface area contributed by atoms with Gasteiger partial charge in [0.1, 0.15) is 0 Å². The van der Waals surface area contributed by atoms with Crippen molar-refractivity contribution < 1.29 is 4.79 Å². The van der Waals surface area contributed by atoms with Crippen LogP contribution in [0.15, 0.2) is 12.2 Å². The van der Waals surface area contributed by atoms with Crippen LogP contribution < -0.4 is 11.1 Å². The van der Waals surface area contributed by atoms with Crippen molar-refractivity contribution in [1.82, 2.24) is 10.2 Å². The second kappa shape index (κ2) is 6.90. The summed E-state index contributed by atoms with van der Waals surface area (Å²) in [6.45, 7) is 5.12. The van der Waals surface area contributed by atoms with E-state index >= 15 is 0 Å². The Morgan fingerprint density at radius 2 is 2.11 bits per heavy atom. The number of hydrogen-bond donors (Lipinski definition) is 2. The van der Waals surface area contributed by atoms with Crippen LogP contribution in [0.5, 0.6) is 0 Å². The van der Waals surface area contributed by atoms with Gasteiger partial charge in [-0.15, -0.1) is 0 Å². The number of carbonyl (C=O) groups excluding carboxylic acids is 1. The van der Waals surface area contributed by atoms with Crippen LogP contribution in [0.25, 0.3) is 0 Å². The first-order chi connectivity index (χ1) is 8.40. The van der Waals surface area contributed by atoms with Crippen molar-refractivity contribution in [2.45, 2.75) is 38.8 Å². The Hall–Kier alpha value is -0.870. The average molecular weight is 253 g/mol. The average Bonchev–Trinajstić information content (AvgIpc) is 2.69. The molecule has 1 aliphatic carbocycles. The molecule has 4 nitrogen and oxygen atoms in total. The summed E-state index contributed by atoms with van der Waals surface area (Å²) in [6, 6.07) is 0.439. The number of rotatable bonds is 6. The van der Waals surface area contributed by atoms with Gasteiger partial charge in [-0.2, -0.15) is 0 Å². The third-order valence-electron chi connectivity index (χ3n) is 3.44. The van der Waals surface area contributed by atoms with E-state index in [1.165, 1.54) is 0 Å². The molecule has 4 heteroatoms. The topological polar surface area (TPSA) is 58.4 Å². The molecule has 0 saturated carbocycles. The quantitative estimate of drug-likeness (QED) is 0.694. The fraction of sp³-hybridized carbons (Fsp3) is 0.786. The predicted octanol–water partition coefficient (Wildman–Crippen LogP) is 0.982. The summed E-state index contributed by atoms with van der Waals surface area (Å²) in [6.07, 6.45) is 5.67. The van der Waals surface area contributed by atoms with Crippen LogP contribution in [0.3, 0.4) is 0 Å². The van der Waals surface area contributed by atoms with Crippen molar-refractivity contribution in [3.63, 3.8) is 0 Å². The molecule has 1 rings (SSSR count). The second-order valence-electron chi connectivity index (χ2n) is 5.88. The lowest BCUT2D eigenvalue weighted by molar-refractivity contribution is -0.123.